The molecule has 0 aromatic carbocycles. The minimum absolute atomic E-state index is 0.0134. The Kier molecular flexibility index (Phi) is 18.3. The van der Waals surface area contributed by atoms with Crippen molar-refractivity contribution in [3.63, 3.8) is 0 Å². The van der Waals surface area contributed by atoms with E-state index in [1.807, 2.05) is 62.3 Å². The maximum Gasteiger partial charge on any atom is 0.311 e. The van der Waals surface area contributed by atoms with Crippen LogP contribution >= 0.6 is 0 Å². The number of hydrogen-bond acceptors (Lipinski definition) is 16. The first-order valence-corrected chi connectivity index (χ1v) is 37.9. The van der Waals surface area contributed by atoms with Crippen molar-refractivity contribution in [1.29, 1.82) is 0 Å². The van der Waals surface area contributed by atoms with E-state index in [9.17, 15) is 33.6 Å². The highest BCUT2D eigenvalue weighted by Gasteiger charge is 2.69. The normalized spacial score (nSPS) is 45.4. The third-order valence-corrected chi connectivity index (χ3v) is 29.8. The van der Waals surface area contributed by atoms with E-state index in [4.69, 9.17) is 42.6 Å². The first kappa shape index (κ1) is 66.6. The van der Waals surface area contributed by atoms with Crippen LogP contribution in [0.3, 0.4) is 0 Å². The van der Waals surface area contributed by atoms with Gasteiger partial charge in [0.15, 0.2) is 26.2 Å². The van der Waals surface area contributed by atoms with Gasteiger partial charge in [-0.2, -0.15) is 0 Å². The fraction of sp³-hybridized carbons (Fsp3) is 0.909. The number of hydrogen-bond donors (Lipinski definition) is 0. The Morgan fingerprint density at radius 1 is 0.398 bits per heavy atom. The minimum atomic E-state index is -0.715. The van der Waals surface area contributed by atoms with Crippen molar-refractivity contribution in [2.75, 3.05) is 27.0 Å². The van der Waals surface area contributed by atoms with Crippen LogP contribution in [0.5, 0.6) is 0 Å². The molecule has 0 radical (unpaired) electrons. The molecule has 18 aliphatic carbocycles. The SMILES string of the molecule is CCC(C)(C)C(=O)OC1CC2CC(C(=O)OCOC34CC5CC(CC(C5)C3=O)C4)C1C2.CCC(C)(C)C(=O)OC1CC2CC1C1C3CC(CC3C(=O)OCOC3C4CC5CC(C4)CC3C5)C21.CCOCOC(=O)C1CC2CC1C1C3CC(CC3OC(=O)C(C)(C)CC)C21. The highest BCUT2D eigenvalue weighted by Crippen LogP contribution is 2.71. The largest absolute Gasteiger partial charge is 0.462 e. The number of Topliss-reactive ketones (excluding diaryl/α,β-unsaturated/α-hetero) is 1. The Balaban J connectivity index is 0.000000122. The second kappa shape index (κ2) is 25.6. The van der Waals surface area contributed by atoms with E-state index >= 15 is 0 Å². The van der Waals surface area contributed by atoms with Crippen LogP contribution in [0.1, 0.15) is 223 Å². The Labute approximate surface area is 554 Å². The molecule has 0 spiro atoms. The summed E-state index contributed by atoms with van der Waals surface area (Å²) < 4.78 is 52.2. The van der Waals surface area contributed by atoms with Crippen molar-refractivity contribution in [1.82, 2.24) is 0 Å². The average Bonchev–Trinajstić information content (AvgIpc) is 1.58. The number of fused-ring (bicyclic) bond motifs is 20. The van der Waals surface area contributed by atoms with Crippen LogP contribution in [0.25, 0.3) is 0 Å². The van der Waals surface area contributed by atoms with E-state index in [0.29, 0.717) is 101 Å². The molecule has 0 aromatic rings. The van der Waals surface area contributed by atoms with E-state index in [-0.39, 0.29) is 110 Å². The first-order chi connectivity index (χ1) is 44.4. The van der Waals surface area contributed by atoms with Crippen molar-refractivity contribution in [3.05, 3.63) is 0 Å². The van der Waals surface area contributed by atoms with Crippen molar-refractivity contribution in [2.45, 2.75) is 253 Å². The molecule has 0 saturated heterocycles. The lowest BCUT2D eigenvalue weighted by atomic mass is 9.53. The van der Waals surface area contributed by atoms with Crippen LogP contribution in [0.4, 0.5) is 0 Å². The maximum absolute atomic E-state index is 13.2. The van der Waals surface area contributed by atoms with Gasteiger partial charge in [0.25, 0.3) is 0 Å². The predicted molar refractivity (Wildman–Crippen MR) is 341 cm³/mol. The molecule has 518 valence electrons. The lowest BCUT2D eigenvalue weighted by molar-refractivity contribution is -0.210. The summed E-state index contributed by atoms with van der Waals surface area (Å²) >= 11 is 0. The molecular formula is C77H114O16. The Morgan fingerprint density at radius 3 is 1.27 bits per heavy atom. The molecule has 93 heavy (non-hydrogen) atoms. The molecule has 18 rings (SSSR count). The molecule has 18 aliphatic rings. The third-order valence-electron chi connectivity index (χ3n) is 29.8. The maximum atomic E-state index is 13.2. The molecular weight excluding hydrogens is 1180 g/mol. The van der Waals surface area contributed by atoms with Gasteiger partial charge in [0.2, 0.25) is 0 Å². The zero-order chi connectivity index (χ0) is 65.4. The van der Waals surface area contributed by atoms with Crippen molar-refractivity contribution in [3.8, 4) is 0 Å². The molecule has 0 N–H and O–H groups in total. The topological polar surface area (TPSA) is 203 Å². The molecule has 0 heterocycles. The quantitative estimate of drug-likeness (QED) is 0.0345. The van der Waals surface area contributed by atoms with Crippen LogP contribution < -0.4 is 0 Å². The molecule has 0 aromatic heterocycles. The summed E-state index contributed by atoms with van der Waals surface area (Å²) in [6.45, 7) is 20.3. The first-order valence-electron chi connectivity index (χ1n) is 37.9. The van der Waals surface area contributed by atoms with Gasteiger partial charge in [0.1, 0.15) is 23.9 Å². The summed E-state index contributed by atoms with van der Waals surface area (Å²) in [7, 11) is 0. The molecule has 0 aliphatic heterocycles. The second-order valence-corrected chi connectivity index (χ2v) is 35.8. The van der Waals surface area contributed by atoms with Crippen LogP contribution in [0.2, 0.25) is 0 Å². The number of ketones is 1. The molecule has 18 fully saturated rings. The fourth-order valence-electron chi connectivity index (χ4n) is 24.8. The van der Waals surface area contributed by atoms with Gasteiger partial charge in [-0.05, 0) is 315 Å². The number of carbonyl (C=O) groups excluding carboxylic acids is 7. The molecule has 18 bridgehead atoms. The number of carbonyl (C=O) groups is 7. The molecule has 16 nitrogen and oxygen atoms in total. The summed E-state index contributed by atoms with van der Waals surface area (Å²) in [6.07, 6.45) is 25.4. The molecule has 18 saturated carbocycles. The minimum Gasteiger partial charge on any atom is -0.462 e. The highest BCUT2D eigenvalue weighted by atomic mass is 16.7. The zero-order valence-corrected chi connectivity index (χ0v) is 58.0. The smallest absolute Gasteiger partial charge is 0.311 e. The van der Waals surface area contributed by atoms with E-state index in [2.05, 4.69) is 6.92 Å². The van der Waals surface area contributed by atoms with Crippen molar-refractivity contribution in [2.24, 2.45) is 158 Å². The average molecular weight is 1300 g/mol. The lowest BCUT2D eigenvalue weighted by Gasteiger charge is -2.54. The van der Waals surface area contributed by atoms with Gasteiger partial charge in [-0.1, -0.05) is 20.8 Å². The molecule has 0 amide bonds. The number of rotatable bonds is 21. The van der Waals surface area contributed by atoms with Crippen LogP contribution in [0.15, 0.2) is 0 Å². The Morgan fingerprint density at radius 2 is 0.806 bits per heavy atom. The van der Waals surface area contributed by atoms with E-state index in [0.717, 1.165) is 120 Å². The van der Waals surface area contributed by atoms with Gasteiger partial charge in [-0.15, -0.1) is 0 Å². The van der Waals surface area contributed by atoms with Gasteiger partial charge >= 0.3 is 35.8 Å². The van der Waals surface area contributed by atoms with Gasteiger partial charge in [-0.3, -0.25) is 33.6 Å². The molecule has 22 unspecified atom stereocenters. The fourth-order valence-corrected chi connectivity index (χ4v) is 24.8. The van der Waals surface area contributed by atoms with Crippen LogP contribution in [0, 0.1) is 158 Å². The summed E-state index contributed by atoms with van der Waals surface area (Å²) in [6, 6.07) is 0. The van der Waals surface area contributed by atoms with Gasteiger partial charge in [0.05, 0.1) is 40.1 Å². The number of ether oxygens (including phenoxy) is 9. The molecule has 22 atom stereocenters. The summed E-state index contributed by atoms with van der Waals surface area (Å²) in [5.41, 5.74) is -2.05. The van der Waals surface area contributed by atoms with E-state index in [1.165, 1.54) is 57.8 Å². The van der Waals surface area contributed by atoms with Crippen molar-refractivity contribution >= 4 is 41.6 Å². The highest BCUT2D eigenvalue weighted by molar-refractivity contribution is 5.91. The predicted octanol–water partition coefficient (Wildman–Crippen LogP) is 13.4. The van der Waals surface area contributed by atoms with Gasteiger partial charge < -0.3 is 42.6 Å². The van der Waals surface area contributed by atoms with Gasteiger partial charge in [-0.25, -0.2) is 0 Å². The Bertz CT molecular complexity index is 2800. The third kappa shape index (κ3) is 12.1. The monoisotopic (exact) mass is 1290 g/mol. The number of esters is 6. The second-order valence-electron chi connectivity index (χ2n) is 35.8. The van der Waals surface area contributed by atoms with E-state index in [1.54, 1.807) is 0 Å². The van der Waals surface area contributed by atoms with Crippen molar-refractivity contribution < 1.29 is 76.2 Å². The lowest BCUT2D eigenvalue weighted by Crippen LogP contribution is -2.59. The summed E-state index contributed by atoms with van der Waals surface area (Å²) in [5.74, 6) is 11.3. The van der Waals surface area contributed by atoms with Crippen LogP contribution in [-0.4, -0.2) is 98.6 Å². The van der Waals surface area contributed by atoms with E-state index < -0.39 is 21.8 Å². The molecule has 16 heteroatoms. The van der Waals surface area contributed by atoms with Gasteiger partial charge in [0, 0.05) is 18.4 Å². The Hall–Kier alpha value is -3.63. The summed E-state index contributed by atoms with van der Waals surface area (Å²) in [5, 5.41) is 0. The summed E-state index contributed by atoms with van der Waals surface area (Å²) in [4.78, 5) is 89.4. The standard InChI is InChI=1S/C30H44O5.C25H36O6.C22H34O5/c1-4-30(2,3)29(32)35-24-13-18-12-23(24)26-21-10-17(25(18)26)11-22(21)28(31)34-14-33-27-19-6-15-5-16(8-19)9-20(27)7-15;1-4-24(2,3)23(28)31-20-10-14-8-18(20)19(9-14)22(27)29-13-30-25-11-15-5-16(12-25)7-17(6-15)21(25)26;1-5-22(3,4)21(24)27-17-10-13-9-16(17)19-14-7-12(18(13)19)8-15(14)20(23)26-11-25-6-2/h15-27H,4-14H2,1-3H3;14-20H,4-13H2,1-3H3;12-19H,5-11H2,1-4H3. The van der Waals surface area contributed by atoms with Crippen LogP contribution in [-0.2, 0) is 76.2 Å². The zero-order valence-electron chi connectivity index (χ0n) is 58.0.